The normalized spacial score (nSPS) is 19.1. The van der Waals surface area contributed by atoms with Gasteiger partial charge >= 0.3 is 0 Å². The van der Waals surface area contributed by atoms with Crippen LogP contribution in [-0.4, -0.2) is 14.9 Å². The molecule has 3 rings (SSSR count). The second-order valence-corrected chi connectivity index (χ2v) is 5.76. The Morgan fingerprint density at radius 2 is 1.95 bits per heavy atom. The molecular formula is C17H22N2O. The van der Waals surface area contributed by atoms with Gasteiger partial charge < -0.3 is 5.11 Å². The Morgan fingerprint density at radius 3 is 2.55 bits per heavy atom. The summed E-state index contributed by atoms with van der Waals surface area (Å²) >= 11 is 0. The molecule has 20 heavy (non-hydrogen) atoms. The van der Waals surface area contributed by atoms with Gasteiger partial charge in [-0.05, 0) is 25.3 Å². The predicted octanol–water partition coefficient (Wildman–Crippen LogP) is 3.45. The summed E-state index contributed by atoms with van der Waals surface area (Å²) in [4.78, 5) is 0. The molecule has 1 saturated carbocycles. The van der Waals surface area contributed by atoms with Crippen LogP contribution in [0.2, 0.25) is 0 Å². The third kappa shape index (κ3) is 2.16. The Hall–Kier alpha value is -1.61. The van der Waals surface area contributed by atoms with E-state index >= 15 is 0 Å². The average molecular weight is 270 g/mol. The monoisotopic (exact) mass is 270 g/mol. The quantitative estimate of drug-likeness (QED) is 0.924. The molecule has 0 radical (unpaired) electrons. The zero-order valence-electron chi connectivity index (χ0n) is 12.0. The Bertz CT molecular complexity index is 555. The number of rotatable bonds is 4. The van der Waals surface area contributed by atoms with Crippen molar-refractivity contribution in [2.75, 3.05) is 0 Å². The fourth-order valence-corrected chi connectivity index (χ4v) is 3.51. The molecule has 2 aromatic rings. The summed E-state index contributed by atoms with van der Waals surface area (Å²) in [5.41, 5.74) is 2.06. The van der Waals surface area contributed by atoms with Gasteiger partial charge in [0.1, 0.15) is 0 Å². The number of hydrogen-bond donors (Lipinski definition) is 1. The lowest BCUT2D eigenvalue weighted by Crippen LogP contribution is -2.30. The molecule has 1 aliphatic carbocycles. The first kappa shape index (κ1) is 13.4. The van der Waals surface area contributed by atoms with Crippen LogP contribution in [0.4, 0.5) is 0 Å². The lowest BCUT2D eigenvalue weighted by Gasteiger charge is -2.34. The van der Waals surface area contributed by atoms with Crippen molar-refractivity contribution in [3.63, 3.8) is 0 Å². The van der Waals surface area contributed by atoms with Crippen LogP contribution in [0.25, 0.3) is 0 Å². The van der Waals surface area contributed by atoms with Crippen molar-refractivity contribution < 1.29 is 5.11 Å². The van der Waals surface area contributed by atoms with E-state index in [0.717, 1.165) is 24.9 Å². The highest BCUT2D eigenvalue weighted by molar-refractivity contribution is 5.31. The van der Waals surface area contributed by atoms with E-state index in [1.165, 1.54) is 18.4 Å². The van der Waals surface area contributed by atoms with E-state index in [2.05, 4.69) is 36.3 Å². The first-order valence-corrected chi connectivity index (χ1v) is 7.52. The van der Waals surface area contributed by atoms with Crippen molar-refractivity contribution in [2.45, 2.75) is 50.7 Å². The molecule has 1 unspecified atom stereocenters. The Kier molecular flexibility index (Phi) is 3.62. The molecule has 0 saturated heterocycles. The van der Waals surface area contributed by atoms with Crippen LogP contribution in [0.5, 0.6) is 0 Å². The lowest BCUT2D eigenvalue weighted by atomic mass is 9.72. The molecule has 1 aromatic heterocycles. The fourth-order valence-electron chi connectivity index (χ4n) is 3.51. The van der Waals surface area contributed by atoms with Gasteiger partial charge in [-0.3, -0.25) is 4.68 Å². The van der Waals surface area contributed by atoms with Crippen molar-refractivity contribution in [3.8, 4) is 0 Å². The number of benzene rings is 1. The molecule has 1 N–H and O–H groups in total. The van der Waals surface area contributed by atoms with Gasteiger partial charge in [-0.2, -0.15) is 5.10 Å². The largest absolute Gasteiger partial charge is 0.387 e. The van der Waals surface area contributed by atoms with E-state index in [1.807, 2.05) is 23.1 Å². The number of nitrogens with zero attached hydrogens (tertiary/aromatic N) is 2. The van der Waals surface area contributed by atoms with Gasteiger partial charge in [0.05, 0.1) is 12.3 Å². The van der Waals surface area contributed by atoms with Crippen LogP contribution in [-0.2, 0) is 12.0 Å². The van der Waals surface area contributed by atoms with Crippen LogP contribution < -0.4 is 0 Å². The maximum atomic E-state index is 11.0. The standard InChI is InChI=1S/C17H22N2O/c1-2-19-13-14(12-18-19)16(20)17(10-6-7-11-17)15-8-4-3-5-9-15/h3-5,8-9,12-13,16,20H,2,6-7,10-11H2,1H3. The number of aliphatic hydroxyl groups is 1. The number of aryl methyl sites for hydroxylation is 1. The second-order valence-electron chi connectivity index (χ2n) is 5.76. The van der Waals surface area contributed by atoms with Crippen molar-refractivity contribution in [1.82, 2.24) is 9.78 Å². The predicted molar refractivity (Wildman–Crippen MR) is 79.4 cm³/mol. The minimum atomic E-state index is -0.465. The van der Waals surface area contributed by atoms with Gasteiger partial charge in [-0.25, -0.2) is 0 Å². The summed E-state index contributed by atoms with van der Waals surface area (Å²) in [6.07, 6.45) is 7.81. The first-order valence-electron chi connectivity index (χ1n) is 7.52. The van der Waals surface area contributed by atoms with E-state index in [4.69, 9.17) is 0 Å². The molecule has 1 aromatic carbocycles. The Balaban J connectivity index is 1.98. The van der Waals surface area contributed by atoms with Crippen molar-refractivity contribution in [1.29, 1.82) is 0 Å². The molecule has 0 spiro atoms. The molecule has 1 atom stereocenters. The zero-order chi connectivity index (χ0) is 14.0. The second kappa shape index (κ2) is 5.41. The zero-order valence-corrected chi connectivity index (χ0v) is 12.0. The van der Waals surface area contributed by atoms with Crippen molar-refractivity contribution in [3.05, 3.63) is 53.9 Å². The molecule has 106 valence electrons. The lowest BCUT2D eigenvalue weighted by molar-refractivity contribution is 0.0821. The molecule has 0 bridgehead atoms. The minimum Gasteiger partial charge on any atom is -0.387 e. The average Bonchev–Trinajstić information content (AvgIpc) is 3.17. The van der Waals surface area contributed by atoms with Gasteiger partial charge in [0, 0.05) is 23.7 Å². The SMILES string of the molecule is CCn1cc(C(O)C2(c3ccccc3)CCCC2)cn1. The van der Waals surface area contributed by atoms with Crippen LogP contribution in [0.3, 0.4) is 0 Å². The summed E-state index contributed by atoms with van der Waals surface area (Å²) in [7, 11) is 0. The number of aliphatic hydroxyl groups excluding tert-OH is 1. The smallest absolute Gasteiger partial charge is 0.0916 e. The highest BCUT2D eigenvalue weighted by Gasteiger charge is 2.43. The molecule has 0 amide bonds. The summed E-state index contributed by atoms with van der Waals surface area (Å²) < 4.78 is 1.88. The molecule has 1 heterocycles. The third-order valence-corrected chi connectivity index (χ3v) is 4.66. The number of aromatic nitrogens is 2. The minimum absolute atomic E-state index is 0.136. The van der Waals surface area contributed by atoms with E-state index in [0.29, 0.717) is 0 Å². The molecular weight excluding hydrogens is 248 g/mol. The summed E-state index contributed by atoms with van der Waals surface area (Å²) in [5, 5.41) is 15.3. The Labute approximate surface area is 120 Å². The van der Waals surface area contributed by atoms with E-state index in [9.17, 15) is 5.11 Å². The molecule has 3 nitrogen and oxygen atoms in total. The van der Waals surface area contributed by atoms with Gasteiger partial charge in [-0.1, -0.05) is 43.2 Å². The van der Waals surface area contributed by atoms with E-state index in [-0.39, 0.29) is 5.41 Å². The topological polar surface area (TPSA) is 38.0 Å². The van der Waals surface area contributed by atoms with Crippen molar-refractivity contribution in [2.24, 2.45) is 0 Å². The molecule has 1 aliphatic rings. The van der Waals surface area contributed by atoms with Crippen molar-refractivity contribution >= 4 is 0 Å². The maximum Gasteiger partial charge on any atom is 0.0916 e. The van der Waals surface area contributed by atoms with Gasteiger partial charge in [0.2, 0.25) is 0 Å². The van der Waals surface area contributed by atoms with Gasteiger partial charge in [0.15, 0.2) is 0 Å². The molecule has 0 aliphatic heterocycles. The van der Waals surface area contributed by atoms with Gasteiger partial charge in [0.25, 0.3) is 0 Å². The van der Waals surface area contributed by atoms with E-state index in [1.54, 1.807) is 0 Å². The van der Waals surface area contributed by atoms with Gasteiger partial charge in [-0.15, -0.1) is 0 Å². The van der Waals surface area contributed by atoms with Crippen LogP contribution in [0.15, 0.2) is 42.7 Å². The first-order chi connectivity index (χ1) is 9.76. The van der Waals surface area contributed by atoms with Crippen LogP contribution in [0, 0.1) is 0 Å². The highest BCUT2D eigenvalue weighted by Crippen LogP contribution is 2.49. The molecule has 3 heteroatoms. The third-order valence-electron chi connectivity index (χ3n) is 4.66. The summed E-state index contributed by atoms with van der Waals surface area (Å²) in [6.45, 7) is 2.90. The van der Waals surface area contributed by atoms with Crippen LogP contribution >= 0.6 is 0 Å². The van der Waals surface area contributed by atoms with Crippen LogP contribution in [0.1, 0.15) is 49.8 Å². The number of hydrogen-bond acceptors (Lipinski definition) is 2. The Morgan fingerprint density at radius 1 is 1.25 bits per heavy atom. The fraction of sp³-hybridized carbons (Fsp3) is 0.471. The summed E-state index contributed by atoms with van der Waals surface area (Å²) in [5.74, 6) is 0. The van der Waals surface area contributed by atoms with E-state index < -0.39 is 6.10 Å². The summed E-state index contributed by atoms with van der Waals surface area (Å²) in [6, 6.07) is 10.5. The highest BCUT2D eigenvalue weighted by atomic mass is 16.3. The maximum absolute atomic E-state index is 11.0. The molecule has 1 fully saturated rings.